The highest BCUT2D eigenvalue weighted by molar-refractivity contribution is 5.78. The van der Waals surface area contributed by atoms with Gasteiger partial charge in [0.2, 0.25) is 5.91 Å². The number of aliphatic hydroxyl groups is 2. The van der Waals surface area contributed by atoms with Crippen molar-refractivity contribution in [3.63, 3.8) is 0 Å². The van der Waals surface area contributed by atoms with E-state index in [-0.39, 0.29) is 13.0 Å². The lowest BCUT2D eigenvalue weighted by Gasteiger charge is -2.46. The molecule has 0 unspecified atom stereocenters. The average Bonchev–Trinajstić information content (AvgIpc) is 3.38. The minimum Gasteiger partial charge on any atom is -0.465 e. The van der Waals surface area contributed by atoms with Crippen LogP contribution in [0, 0.1) is 0 Å². The molecule has 0 saturated carbocycles. The van der Waals surface area contributed by atoms with Crippen LogP contribution in [0.1, 0.15) is 13.3 Å². The number of hydrogen-bond donors (Lipinski definition) is 3. The highest BCUT2D eigenvalue weighted by atomic mass is 16.7. The minimum absolute atomic E-state index is 0.0324. The molecule has 0 aromatic rings. The van der Waals surface area contributed by atoms with Gasteiger partial charge in [0.1, 0.15) is 18.3 Å². The molecule has 2 aliphatic rings. The van der Waals surface area contributed by atoms with Gasteiger partial charge in [-0.1, -0.05) is 6.08 Å². The molecule has 1 amide bonds. The van der Waals surface area contributed by atoms with Crippen LogP contribution in [0.25, 0.3) is 0 Å². The lowest BCUT2D eigenvalue weighted by molar-refractivity contribution is -0.305. The molecule has 0 spiro atoms. The number of carbonyl (C=O) groups is 2. The van der Waals surface area contributed by atoms with Gasteiger partial charge in [-0.15, -0.1) is 6.58 Å². The fourth-order valence-corrected chi connectivity index (χ4v) is 2.75. The van der Waals surface area contributed by atoms with Crippen LogP contribution in [0.3, 0.4) is 0 Å². The normalized spacial score (nSPS) is 36.5. The molecule has 0 bridgehead atoms. The van der Waals surface area contributed by atoms with Crippen molar-refractivity contribution >= 4 is 11.9 Å². The van der Waals surface area contributed by atoms with Gasteiger partial charge in [0.05, 0.1) is 32.5 Å². The maximum absolute atomic E-state index is 12.2. The largest absolute Gasteiger partial charge is 0.465 e. The summed E-state index contributed by atoms with van der Waals surface area (Å²) in [7, 11) is 1.16. The average molecular weight is 345 g/mol. The van der Waals surface area contributed by atoms with E-state index in [0.717, 1.165) is 7.11 Å². The maximum Gasteiger partial charge on any atom is 0.366 e. The van der Waals surface area contributed by atoms with E-state index in [1.807, 2.05) is 0 Å². The molecular weight excluding hydrogens is 322 g/mol. The van der Waals surface area contributed by atoms with Crippen LogP contribution in [-0.2, 0) is 28.5 Å². The summed E-state index contributed by atoms with van der Waals surface area (Å²) in [5, 5.41) is 23.4. The van der Waals surface area contributed by atoms with Crippen molar-refractivity contribution in [2.75, 3.05) is 20.3 Å². The number of amides is 1. The second-order valence-corrected chi connectivity index (χ2v) is 5.79. The Balaban J connectivity index is 2.30. The number of epoxide rings is 1. The van der Waals surface area contributed by atoms with E-state index in [0.29, 0.717) is 6.61 Å². The van der Waals surface area contributed by atoms with Crippen LogP contribution >= 0.6 is 0 Å². The van der Waals surface area contributed by atoms with Gasteiger partial charge in [-0.05, 0) is 0 Å². The van der Waals surface area contributed by atoms with Crippen LogP contribution in [0.5, 0.6) is 0 Å². The molecular formula is C15H23NO8. The Hall–Kier alpha value is -1.52. The molecule has 136 valence electrons. The summed E-state index contributed by atoms with van der Waals surface area (Å²) in [6.07, 6.45) is -2.83. The van der Waals surface area contributed by atoms with Crippen molar-refractivity contribution in [3.05, 3.63) is 12.7 Å². The third-order valence-electron chi connectivity index (χ3n) is 3.95. The second-order valence-electron chi connectivity index (χ2n) is 5.79. The van der Waals surface area contributed by atoms with Crippen LogP contribution in [0.15, 0.2) is 12.7 Å². The van der Waals surface area contributed by atoms with Crippen molar-refractivity contribution in [1.82, 2.24) is 5.32 Å². The molecule has 9 nitrogen and oxygen atoms in total. The van der Waals surface area contributed by atoms with Crippen molar-refractivity contribution in [1.29, 1.82) is 0 Å². The van der Waals surface area contributed by atoms with E-state index in [1.54, 1.807) is 0 Å². The predicted molar refractivity (Wildman–Crippen MR) is 79.7 cm³/mol. The molecule has 3 N–H and O–H groups in total. The van der Waals surface area contributed by atoms with E-state index in [9.17, 15) is 19.8 Å². The van der Waals surface area contributed by atoms with Crippen LogP contribution in [-0.4, -0.2) is 78.7 Å². The molecule has 2 saturated heterocycles. The minimum atomic E-state index is -1.90. The van der Waals surface area contributed by atoms with E-state index in [2.05, 4.69) is 11.9 Å². The number of nitrogens with one attached hydrogen (secondary N) is 1. The third kappa shape index (κ3) is 3.93. The smallest absolute Gasteiger partial charge is 0.366 e. The fraction of sp³-hybridized carbons (Fsp3) is 0.733. The van der Waals surface area contributed by atoms with Crippen LogP contribution in [0.2, 0.25) is 0 Å². The van der Waals surface area contributed by atoms with Crippen LogP contribution < -0.4 is 5.32 Å². The van der Waals surface area contributed by atoms with E-state index in [1.165, 1.54) is 13.0 Å². The fourth-order valence-electron chi connectivity index (χ4n) is 2.75. The van der Waals surface area contributed by atoms with Gasteiger partial charge in [0, 0.05) is 13.3 Å². The Morgan fingerprint density at radius 3 is 2.71 bits per heavy atom. The summed E-state index contributed by atoms with van der Waals surface area (Å²) in [6.45, 7) is 5.07. The number of methoxy groups -OCH3 is 1. The summed E-state index contributed by atoms with van der Waals surface area (Å²) in [5.41, 5.74) is 0. The SMILES string of the molecule is C=CCO[C@]1(C(=O)OC)C[C@H](O)[C@@H](NC(C)=O)[C@H]([C@H](O)[C@H]2CO2)O1. The van der Waals surface area contributed by atoms with E-state index >= 15 is 0 Å². The lowest BCUT2D eigenvalue weighted by atomic mass is 9.89. The Labute approximate surface area is 139 Å². The number of hydrogen-bond acceptors (Lipinski definition) is 8. The number of carbonyl (C=O) groups excluding carboxylic acids is 2. The lowest BCUT2D eigenvalue weighted by Crippen LogP contribution is -2.67. The topological polar surface area (TPSA) is 127 Å². The Kier molecular flexibility index (Phi) is 5.94. The van der Waals surface area contributed by atoms with E-state index in [4.69, 9.17) is 18.9 Å². The molecule has 2 aliphatic heterocycles. The zero-order valence-corrected chi connectivity index (χ0v) is 13.6. The maximum atomic E-state index is 12.2. The van der Waals surface area contributed by atoms with Gasteiger partial charge >= 0.3 is 5.97 Å². The molecule has 0 aliphatic carbocycles. The quantitative estimate of drug-likeness (QED) is 0.288. The Bertz CT molecular complexity index is 494. The highest BCUT2D eigenvalue weighted by Gasteiger charge is 2.57. The van der Waals surface area contributed by atoms with Gasteiger partial charge in [0.25, 0.3) is 5.79 Å². The monoisotopic (exact) mass is 345 g/mol. The summed E-state index contributed by atoms with van der Waals surface area (Å²) >= 11 is 0. The second kappa shape index (κ2) is 7.58. The highest BCUT2D eigenvalue weighted by Crippen LogP contribution is 2.35. The number of aliphatic hydroxyl groups excluding tert-OH is 2. The third-order valence-corrected chi connectivity index (χ3v) is 3.95. The molecule has 6 atom stereocenters. The van der Waals surface area contributed by atoms with E-state index < -0.39 is 48.1 Å². The molecule has 9 heteroatoms. The zero-order valence-electron chi connectivity index (χ0n) is 13.6. The molecule has 24 heavy (non-hydrogen) atoms. The Morgan fingerprint density at radius 2 is 2.21 bits per heavy atom. The van der Waals surface area contributed by atoms with Gasteiger partial charge in [-0.3, -0.25) is 4.79 Å². The summed E-state index contributed by atoms with van der Waals surface area (Å²) in [4.78, 5) is 23.6. The first kappa shape index (κ1) is 18.8. The summed E-state index contributed by atoms with van der Waals surface area (Å²) < 4.78 is 20.9. The van der Waals surface area contributed by atoms with Crippen molar-refractivity contribution in [2.45, 2.75) is 49.6 Å². The Morgan fingerprint density at radius 1 is 1.54 bits per heavy atom. The van der Waals surface area contributed by atoms with Crippen molar-refractivity contribution in [2.24, 2.45) is 0 Å². The van der Waals surface area contributed by atoms with Gasteiger partial charge in [-0.2, -0.15) is 0 Å². The molecule has 0 aromatic heterocycles. The predicted octanol–water partition coefficient (Wildman–Crippen LogP) is -1.53. The zero-order chi connectivity index (χ0) is 17.9. The number of ether oxygens (including phenoxy) is 4. The molecule has 2 fully saturated rings. The first-order valence-electron chi connectivity index (χ1n) is 7.60. The first-order valence-corrected chi connectivity index (χ1v) is 7.60. The molecule has 0 aromatic carbocycles. The summed E-state index contributed by atoms with van der Waals surface area (Å²) in [6, 6.07) is -0.924. The summed E-state index contributed by atoms with van der Waals surface area (Å²) in [5.74, 6) is -3.16. The van der Waals surface area contributed by atoms with Crippen LogP contribution in [0.4, 0.5) is 0 Å². The molecule has 0 radical (unpaired) electrons. The van der Waals surface area contributed by atoms with Gasteiger partial charge in [-0.25, -0.2) is 4.79 Å². The van der Waals surface area contributed by atoms with Gasteiger partial charge in [0.15, 0.2) is 0 Å². The molecule has 2 rings (SSSR count). The van der Waals surface area contributed by atoms with Gasteiger partial charge < -0.3 is 34.5 Å². The standard InChI is InChI=1S/C15H23NO8/c1-4-5-23-15(14(20)21-3)6-9(18)11(16-8(2)17)13(24-15)12(19)10-7-22-10/h4,9-13,18-19H,1,5-7H2,2-3H3,(H,16,17)/t9-,10+,11+,12+,13+,15+/m0/s1. The van der Waals surface area contributed by atoms with Crippen molar-refractivity contribution in [3.8, 4) is 0 Å². The first-order chi connectivity index (χ1) is 11.3. The molecule has 2 heterocycles. The number of rotatable bonds is 7. The van der Waals surface area contributed by atoms with Crippen molar-refractivity contribution < 1.29 is 38.7 Å². The number of esters is 1.